The van der Waals surface area contributed by atoms with E-state index in [9.17, 15) is 10.1 Å². The average molecular weight is 297 g/mol. The van der Waals surface area contributed by atoms with E-state index in [1.165, 1.54) is 12.1 Å². The van der Waals surface area contributed by atoms with Crippen LogP contribution in [0.25, 0.3) is 22.3 Å². The Bertz CT molecular complexity index is 901. The first-order valence-corrected chi connectivity index (χ1v) is 6.69. The molecule has 104 valence electrons. The Morgan fingerprint density at radius 1 is 1.14 bits per heavy atom. The second kappa shape index (κ2) is 5.06. The topological polar surface area (TPSA) is 61.0 Å². The molecule has 1 heterocycles. The van der Waals surface area contributed by atoms with Crippen LogP contribution in [0.2, 0.25) is 0 Å². The van der Waals surface area contributed by atoms with Crippen LogP contribution in [0.1, 0.15) is 0 Å². The third kappa shape index (κ3) is 2.30. The van der Waals surface area contributed by atoms with E-state index >= 15 is 0 Å². The minimum atomic E-state index is -0.421. The maximum atomic E-state index is 10.7. The Labute approximate surface area is 125 Å². The molecule has 0 saturated heterocycles. The summed E-state index contributed by atoms with van der Waals surface area (Å²) in [5.41, 5.74) is 1.66. The van der Waals surface area contributed by atoms with Gasteiger partial charge in [-0.1, -0.05) is 24.4 Å². The Kier molecular flexibility index (Phi) is 3.23. The molecule has 0 aliphatic carbocycles. The highest BCUT2D eigenvalue weighted by Gasteiger charge is 2.10. The molecule has 0 fully saturated rings. The molecular formula is C15H11N3O2S. The zero-order valence-electron chi connectivity index (χ0n) is 11.2. The number of para-hydroxylation sites is 1. The fourth-order valence-electron chi connectivity index (χ4n) is 2.21. The molecule has 0 amide bonds. The van der Waals surface area contributed by atoms with Gasteiger partial charge in [0.1, 0.15) is 10.5 Å². The van der Waals surface area contributed by atoms with Crippen LogP contribution in [0.15, 0.2) is 48.5 Å². The third-order valence-electron chi connectivity index (χ3n) is 3.32. The standard InChI is InChI=1S/C15H11N3O2S/c1-17-14(10-6-8-11(9-7-10)18(19)20)16-13-5-3-2-4-12(13)15(17)21/h2-9H,1H3. The molecule has 6 heteroatoms. The molecule has 0 saturated carbocycles. The van der Waals surface area contributed by atoms with E-state index in [1.807, 2.05) is 35.9 Å². The molecule has 3 aromatic rings. The molecule has 0 unspecified atom stereocenters. The maximum absolute atomic E-state index is 10.7. The highest BCUT2D eigenvalue weighted by atomic mass is 32.1. The summed E-state index contributed by atoms with van der Waals surface area (Å²) in [5.74, 6) is 0.689. The van der Waals surface area contributed by atoms with Gasteiger partial charge >= 0.3 is 0 Å². The molecule has 0 aliphatic heterocycles. The number of nitro groups is 1. The Morgan fingerprint density at radius 3 is 2.48 bits per heavy atom. The molecule has 21 heavy (non-hydrogen) atoms. The van der Waals surface area contributed by atoms with Crippen LogP contribution >= 0.6 is 12.2 Å². The smallest absolute Gasteiger partial charge is 0.269 e. The van der Waals surface area contributed by atoms with E-state index in [0.29, 0.717) is 10.5 Å². The second-order valence-corrected chi connectivity index (χ2v) is 5.01. The number of aromatic nitrogens is 2. The van der Waals surface area contributed by atoms with Gasteiger partial charge in [0.25, 0.3) is 5.69 Å². The number of rotatable bonds is 2. The summed E-state index contributed by atoms with van der Waals surface area (Å²) in [4.78, 5) is 14.9. The minimum Gasteiger partial charge on any atom is -0.319 e. The second-order valence-electron chi connectivity index (χ2n) is 4.62. The van der Waals surface area contributed by atoms with Crippen molar-refractivity contribution in [1.29, 1.82) is 0 Å². The monoisotopic (exact) mass is 297 g/mol. The lowest BCUT2D eigenvalue weighted by Crippen LogP contribution is -2.02. The lowest BCUT2D eigenvalue weighted by atomic mass is 10.1. The van der Waals surface area contributed by atoms with Gasteiger partial charge in [-0.25, -0.2) is 4.98 Å². The number of nitrogens with zero attached hydrogens (tertiary/aromatic N) is 3. The fourth-order valence-corrected chi connectivity index (χ4v) is 2.47. The predicted octanol–water partition coefficient (Wildman–Crippen LogP) is 3.88. The van der Waals surface area contributed by atoms with E-state index in [-0.39, 0.29) is 5.69 Å². The van der Waals surface area contributed by atoms with Crippen LogP contribution in [0.4, 0.5) is 5.69 Å². The van der Waals surface area contributed by atoms with Gasteiger partial charge in [-0.2, -0.15) is 0 Å². The van der Waals surface area contributed by atoms with Gasteiger partial charge in [0, 0.05) is 30.1 Å². The first kappa shape index (κ1) is 13.4. The van der Waals surface area contributed by atoms with Crippen molar-refractivity contribution in [2.75, 3.05) is 0 Å². The number of hydrogen-bond acceptors (Lipinski definition) is 4. The summed E-state index contributed by atoms with van der Waals surface area (Å²) in [6.07, 6.45) is 0. The van der Waals surface area contributed by atoms with Crippen LogP contribution < -0.4 is 0 Å². The summed E-state index contributed by atoms with van der Waals surface area (Å²) < 4.78 is 2.51. The number of non-ortho nitro benzene ring substituents is 1. The van der Waals surface area contributed by atoms with Crippen LogP contribution in [0, 0.1) is 14.8 Å². The Hall–Kier alpha value is -2.60. The molecule has 0 N–H and O–H groups in total. The van der Waals surface area contributed by atoms with Crippen LogP contribution in [0.5, 0.6) is 0 Å². The molecule has 3 rings (SSSR count). The van der Waals surface area contributed by atoms with Gasteiger partial charge in [0.2, 0.25) is 0 Å². The fraction of sp³-hybridized carbons (Fsp3) is 0.0667. The molecule has 5 nitrogen and oxygen atoms in total. The summed E-state index contributed by atoms with van der Waals surface area (Å²) >= 11 is 5.46. The first-order valence-electron chi connectivity index (χ1n) is 6.28. The number of nitro benzene ring substituents is 1. The zero-order valence-corrected chi connectivity index (χ0v) is 12.0. The van der Waals surface area contributed by atoms with Crippen molar-refractivity contribution in [1.82, 2.24) is 9.55 Å². The average Bonchev–Trinajstić information content (AvgIpc) is 2.51. The van der Waals surface area contributed by atoms with Gasteiger partial charge in [0.15, 0.2) is 0 Å². The number of fused-ring (bicyclic) bond motifs is 1. The van der Waals surface area contributed by atoms with Crippen LogP contribution in [0.3, 0.4) is 0 Å². The highest BCUT2D eigenvalue weighted by molar-refractivity contribution is 7.71. The normalized spacial score (nSPS) is 10.7. The molecule has 0 radical (unpaired) electrons. The van der Waals surface area contributed by atoms with Gasteiger partial charge < -0.3 is 4.57 Å². The van der Waals surface area contributed by atoms with Crippen molar-refractivity contribution < 1.29 is 4.92 Å². The summed E-state index contributed by atoms with van der Waals surface area (Å²) in [6, 6.07) is 14.0. The lowest BCUT2D eigenvalue weighted by molar-refractivity contribution is -0.384. The molecule has 0 aliphatic rings. The van der Waals surface area contributed by atoms with Crippen LogP contribution in [-0.4, -0.2) is 14.5 Å². The Morgan fingerprint density at radius 2 is 1.81 bits per heavy atom. The quantitative estimate of drug-likeness (QED) is 0.409. The lowest BCUT2D eigenvalue weighted by Gasteiger charge is -2.10. The third-order valence-corrected chi connectivity index (χ3v) is 3.81. The Balaban J connectivity index is 2.22. The van der Waals surface area contributed by atoms with Gasteiger partial charge in [-0.05, 0) is 24.3 Å². The number of hydrogen-bond donors (Lipinski definition) is 0. The van der Waals surface area contributed by atoms with Gasteiger partial charge in [0.05, 0.1) is 10.4 Å². The molecule has 0 bridgehead atoms. The van der Waals surface area contributed by atoms with Gasteiger partial charge in [-0.15, -0.1) is 0 Å². The summed E-state index contributed by atoms with van der Waals surface area (Å²) in [5, 5.41) is 11.6. The molecular weight excluding hydrogens is 286 g/mol. The first-order chi connectivity index (χ1) is 10.1. The molecule has 0 atom stereocenters. The zero-order chi connectivity index (χ0) is 15.0. The highest BCUT2D eigenvalue weighted by Crippen LogP contribution is 2.23. The molecule has 2 aromatic carbocycles. The van der Waals surface area contributed by atoms with Crippen LogP contribution in [-0.2, 0) is 7.05 Å². The largest absolute Gasteiger partial charge is 0.319 e. The van der Waals surface area contributed by atoms with E-state index in [4.69, 9.17) is 12.2 Å². The van der Waals surface area contributed by atoms with E-state index in [1.54, 1.807) is 12.1 Å². The summed E-state index contributed by atoms with van der Waals surface area (Å²) in [6.45, 7) is 0. The minimum absolute atomic E-state index is 0.0563. The van der Waals surface area contributed by atoms with Crippen molar-refractivity contribution in [3.05, 3.63) is 63.3 Å². The van der Waals surface area contributed by atoms with E-state index < -0.39 is 4.92 Å². The van der Waals surface area contributed by atoms with Crippen molar-refractivity contribution >= 4 is 28.8 Å². The number of benzene rings is 2. The van der Waals surface area contributed by atoms with E-state index in [2.05, 4.69) is 4.98 Å². The van der Waals surface area contributed by atoms with Crippen molar-refractivity contribution in [3.63, 3.8) is 0 Å². The SMILES string of the molecule is Cn1c(-c2ccc([N+](=O)[O-])cc2)nc2ccccc2c1=S. The van der Waals surface area contributed by atoms with Crippen molar-refractivity contribution in [2.24, 2.45) is 7.05 Å². The van der Waals surface area contributed by atoms with E-state index in [0.717, 1.165) is 16.5 Å². The van der Waals surface area contributed by atoms with Crippen molar-refractivity contribution in [3.8, 4) is 11.4 Å². The molecule has 1 aromatic heterocycles. The molecule has 0 spiro atoms. The van der Waals surface area contributed by atoms with Crippen molar-refractivity contribution in [2.45, 2.75) is 0 Å². The summed E-state index contributed by atoms with van der Waals surface area (Å²) in [7, 11) is 1.85. The maximum Gasteiger partial charge on any atom is 0.269 e. The predicted molar refractivity (Wildman–Crippen MR) is 83.6 cm³/mol. The van der Waals surface area contributed by atoms with Gasteiger partial charge in [-0.3, -0.25) is 10.1 Å².